The van der Waals surface area contributed by atoms with Crippen LogP contribution in [0.25, 0.3) is 0 Å². The second-order valence-corrected chi connectivity index (χ2v) is 3.93. The highest BCUT2D eigenvalue weighted by Gasteiger charge is 2.18. The lowest BCUT2D eigenvalue weighted by Gasteiger charge is -2.14. The van der Waals surface area contributed by atoms with Gasteiger partial charge in [0.2, 0.25) is 11.8 Å². The van der Waals surface area contributed by atoms with Gasteiger partial charge in [-0.2, -0.15) is 0 Å². The second kappa shape index (κ2) is 7.14. The number of hydrogen-bond acceptors (Lipinski definition) is 2. The summed E-state index contributed by atoms with van der Waals surface area (Å²) >= 11 is 10.5. The molecule has 0 aliphatic rings. The second-order valence-electron chi connectivity index (χ2n) is 3.55. The van der Waals surface area contributed by atoms with Crippen LogP contribution < -0.4 is 9.67 Å². The van der Waals surface area contributed by atoms with Crippen LogP contribution in [0.3, 0.4) is 0 Å². The summed E-state index contributed by atoms with van der Waals surface area (Å²) in [5, 5.41) is 0. The highest BCUT2D eigenvalue weighted by atomic mass is 35.5. The zero-order chi connectivity index (χ0) is 12.7. The van der Waals surface area contributed by atoms with E-state index in [4.69, 9.17) is 23.6 Å². The fraction of sp³-hybridized carbons (Fsp3) is 0.273. The molecule has 0 aromatic heterocycles. The van der Waals surface area contributed by atoms with Crippen LogP contribution >= 0.6 is 23.6 Å². The smallest absolute Gasteiger partial charge is 0.234 e. The Balaban J connectivity index is 2.79. The molecule has 0 unspecified atom stereocenters. The molecule has 0 saturated heterocycles. The van der Waals surface area contributed by atoms with Crippen molar-refractivity contribution in [2.24, 2.45) is 0 Å². The van der Waals surface area contributed by atoms with Gasteiger partial charge in [-0.15, -0.1) is 0 Å². The van der Waals surface area contributed by atoms with Crippen molar-refractivity contribution < 1.29 is 9.59 Å². The number of benzene rings is 1. The average Bonchev–Trinajstić information content (AvgIpc) is 2.38. The van der Waals surface area contributed by atoms with Crippen molar-refractivity contribution >= 4 is 35.4 Å². The summed E-state index contributed by atoms with van der Waals surface area (Å²) in [5.41, 5.74) is 0.896. The third-order valence-electron chi connectivity index (χ3n) is 2.35. The molecule has 0 radical (unpaired) electrons. The maximum absolute atomic E-state index is 11.3. The summed E-state index contributed by atoms with van der Waals surface area (Å²) in [5.74, 6) is -0.903. The van der Waals surface area contributed by atoms with Crippen molar-refractivity contribution in [1.29, 1.82) is 0 Å². The van der Waals surface area contributed by atoms with E-state index in [1.165, 1.54) is 0 Å². The fourth-order valence-corrected chi connectivity index (χ4v) is 1.71. The molecule has 17 heavy (non-hydrogen) atoms. The number of carbonyl (C=O) groups is 2. The third-order valence-corrected chi connectivity index (χ3v) is 2.77. The van der Waals surface area contributed by atoms with Crippen molar-refractivity contribution in [3.8, 4) is 0 Å². The molecule has 1 aromatic rings. The van der Waals surface area contributed by atoms with Crippen LogP contribution in [0.15, 0.2) is 30.3 Å². The monoisotopic (exact) mass is 274 g/mol. The van der Waals surface area contributed by atoms with Crippen LogP contribution in [0.4, 0.5) is 0 Å². The predicted molar refractivity (Wildman–Crippen MR) is 66.4 cm³/mol. The van der Waals surface area contributed by atoms with Gasteiger partial charge in [0.15, 0.2) is 0 Å². The Morgan fingerprint density at radius 3 is 1.88 bits per heavy atom. The Morgan fingerprint density at radius 2 is 1.47 bits per heavy atom. The summed E-state index contributed by atoms with van der Waals surface area (Å²) in [6.45, 7) is 0. The van der Waals surface area contributed by atoms with Gasteiger partial charge in [0.25, 0.3) is 0 Å². The minimum Gasteiger partial charge on any atom is -0.274 e. The van der Waals surface area contributed by atoms with Gasteiger partial charge in [-0.25, -0.2) is 0 Å². The first kappa shape index (κ1) is 13.8. The number of nitrogens with one attached hydrogen (secondary N) is 2. The summed E-state index contributed by atoms with van der Waals surface area (Å²) in [4.78, 5) is 26.6. The summed E-state index contributed by atoms with van der Waals surface area (Å²) in [7, 11) is 0. The quantitative estimate of drug-likeness (QED) is 0.808. The molecule has 6 heteroatoms. The van der Waals surface area contributed by atoms with Gasteiger partial charge in [0.05, 0.1) is 0 Å². The van der Waals surface area contributed by atoms with E-state index in [0.717, 1.165) is 5.56 Å². The third kappa shape index (κ3) is 4.63. The van der Waals surface area contributed by atoms with Crippen LogP contribution in [-0.4, -0.2) is 11.8 Å². The summed E-state index contributed by atoms with van der Waals surface area (Å²) in [6.07, 6.45) is 0.273. The van der Waals surface area contributed by atoms with Crippen LogP contribution in [0, 0.1) is 0 Å². The van der Waals surface area contributed by atoms with E-state index >= 15 is 0 Å². The lowest BCUT2D eigenvalue weighted by molar-refractivity contribution is -0.121. The van der Waals surface area contributed by atoms with E-state index in [1.807, 2.05) is 40.0 Å². The minimum absolute atomic E-state index is 0.137. The molecule has 0 heterocycles. The zero-order valence-corrected chi connectivity index (χ0v) is 10.5. The number of amides is 2. The van der Waals surface area contributed by atoms with E-state index in [9.17, 15) is 9.59 Å². The van der Waals surface area contributed by atoms with E-state index in [0.29, 0.717) is 0 Å². The first-order valence-electron chi connectivity index (χ1n) is 5.01. The van der Waals surface area contributed by atoms with E-state index in [2.05, 4.69) is 0 Å². The fourth-order valence-electron chi connectivity index (χ4n) is 1.56. The average molecular weight is 275 g/mol. The normalized spacial score (nSPS) is 10.1. The largest absolute Gasteiger partial charge is 0.274 e. The number of hydrogen-bond donors (Lipinski definition) is 2. The first-order valence-corrected chi connectivity index (χ1v) is 5.77. The van der Waals surface area contributed by atoms with E-state index < -0.39 is 0 Å². The molecule has 1 aromatic carbocycles. The topological polar surface area (TPSA) is 58.2 Å². The summed E-state index contributed by atoms with van der Waals surface area (Å²) < 4.78 is 0. The van der Waals surface area contributed by atoms with Crippen molar-refractivity contribution in [2.75, 3.05) is 0 Å². The van der Waals surface area contributed by atoms with Crippen LogP contribution in [0.2, 0.25) is 0 Å². The number of carbonyl (C=O) groups excluding carboxylic acids is 2. The molecular weight excluding hydrogens is 263 g/mol. The Kier molecular flexibility index (Phi) is 5.80. The molecule has 2 N–H and O–H groups in total. The number of halogens is 2. The highest BCUT2D eigenvalue weighted by molar-refractivity contribution is 6.22. The minimum atomic E-state index is -0.331. The molecule has 0 saturated carbocycles. The maximum Gasteiger partial charge on any atom is 0.234 e. The van der Waals surface area contributed by atoms with Crippen molar-refractivity contribution in [3.05, 3.63) is 35.9 Å². The molecule has 0 fully saturated rings. The molecule has 2 amide bonds. The van der Waals surface area contributed by atoms with Gasteiger partial charge in [-0.05, 0) is 5.56 Å². The van der Waals surface area contributed by atoms with Gasteiger partial charge in [0, 0.05) is 42.3 Å². The Labute approximate surface area is 110 Å². The summed E-state index contributed by atoms with van der Waals surface area (Å²) in [6, 6.07) is 9.27. The lowest BCUT2D eigenvalue weighted by atomic mass is 9.92. The zero-order valence-electron chi connectivity index (χ0n) is 8.95. The van der Waals surface area contributed by atoms with E-state index in [-0.39, 0.29) is 30.6 Å². The van der Waals surface area contributed by atoms with Gasteiger partial charge in [0.1, 0.15) is 0 Å². The molecule has 4 nitrogen and oxygen atoms in total. The van der Waals surface area contributed by atoms with Gasteiger partial charge in [-0.1, -0.05) is 30.3 Å². The molecule has 0 bridgehead atoms. The van der Waals surface area contributed by atoms with E-state index in [1.54, 1.807) is 0 Å². The van der Waals surface area contributed by atoms with Gasteiger partial charge in [-0.3, -0.25) is 19.3 Å². The van der Waals surface area contributed by atoms with Crippen LogP contribution in [0.1, 0.15) is 24.3 Å². The highest BCUT2D eigenvalue weighted by Crippen LogP contribution is 2.23. The van der Waals surface area contributed by atoms with Crippen LogP contribution in [-0.2, 0) is 9.59 Å². The standard InChI is InChI=1S/C11H12Cl2N2O2/c12-14-10(16)6-9(7-11(17)15-13)8-4-2-1-3-5-8/h1-5,9H,6-7H2,(H,14,16)(H,15,17). The Bertz CT molecular complexity index is 366. The number of rotatable bonds is 5. The SMILES string of the molecule is O=C(CC(CC(=O)NCl)c1ccccc1)NCl. The Hall–Kier alpha value is -1.26. The molecule has 0 spiro atoms. The Morgan fingerprint density at radius 1 is 1.00 bits per heavy atom. The van der Waals surface area contributed by atoms with Crippen molar-refractivity contribution in [2.45, 2.75) is 18.8 Å². The van der Waals surface area contributed by atoms with Crippen LogP contribution in [0.5, 0.6) is 0 Å². The molecule has 0 aliphatic heterocycles. The van der Waals surface area contributed by atoms with Crippen molar-refractivity contribution in [1.82, 2.24) is 9.67 Å². The molecular formula is C11H12Cl2N2O2. The molecule has 1 rings (SSSR count). The molecule has 0 aliphatic carbocycles. The first-order chi connectivity index (χ1) is 8.17. The maximum atomic E-state index is 11.3. The predicted octanol–water partition coefficient (Wildman–Crippen LogP) is 2.09. The van der Waals surface area contributed by atoms with Crippen molar-refractivity contribution in [3.63, 3.8) is 0 Å². The van der Waals surface area contributed by atoms with Gasteiger partial charge >= 0.3 is 0 Å². The van der Waals surface area contributed by atoms with Gasteiger partial charge < -0.3 is 0 Å². The molecule has 0 atom stereocenters. The molecule has 92 valence electrons. The lowest BCUT2D eigenvalue weighted by Crippen LogP contribution is -2.21.